The summed E-state index contributed by atoms with van der Waals surface area (Å²) in [5.41, 5.74) is 0.684. The second-order valence-electron chi connectivity index (χ2n) is 3.92. The van der Waals surface area contributed by atoms with Crippen molar-refractivity contribution in [3.05, 3.63) is 29.8 Å². The van der Waals surface area contributed by atoms with Gasteiger partial charge in [-0.1, -0.05) is 19.1 Å². The van der Waals surface area contributed by atoms with Gasteiger partial charge < -0.3 is 9.64 Å². The molecule has 0 bridgehead atoms. The molecule has 0 saturated heterocycles. The van der Waals surface area contributed by atoms with E-state index < -0.39 is 0 Å². The van der Waals surface area contributed by atoms with E-state index in [0.717, 1.165) is 6.54 Å². The zero-order chi connectivity index (χ0) is 12.0. The Bertz CT molecular complexity index is 348. The number of carbonyl (C=O) groups is 1. The summed E-state index contributed by atoms with van der Waals surface area (Å²) in [6, 6.07) is 7.41. The van der Waals surface area contributed by atoms with Gasteiger partial charge in [0.05, 0.1) is 5.56 Å². The summed E-state index contributed by atoms with van der Waals surface area (Å²) < 4.78 is 5.61. The minimum Gasteiger partial charge on any atom is -0.491 e. The number of benzene rings is 1. The average Bonchev–Trinajstić information content (AvgIpc) is 2.28. The lowest BCUT2D eigenvalue weighted by Crippen LogP contribution is -2.20. The van der Waals surface area contributed by atoms with Crippen molar-refractivity contribution in [2.45, 2.75) is 13.3 Å². The minimum atomic E-state index is 0.125. The molecule has 0 heterocycles. The number of Topliss-reactive ketones (excluding diaryl/α,β-unsaturated/α-hetero) is 1. The number of hydrogen-bond donors (Lipinski definition) is 0. The first-order chi connectivity index (χ1) is 7.65. The first kappa shape index (κ1) is 12.7. The van der Waals surface area contributed by atoms with Crippen molar-refractivity contribution in [1.82, 2.24) is 4.90 Å². The molecular formula is C13H19NO2. The van der Waals surface area contributed by atoms with Gasteiger partial charge in [0.1, 0.15) is 12.4 Å². The fourth-order valence-corrected chi connectivity index (χ4v) is 1.35. The first-order valence-electron chi connectivity index (χ1n) is 5.55. The van der Waals surface area contributed by atoms with Crippen LogP contribution >= 0.6 is 0 Å². The van der Waals surface area contributed by atoms with Crippen molar-refractivity contribution >= 4 is 5.78 Å². The molecule has 0 aliphatic rings. The van der Waals surface area contributed by atoms with Crippen LogP contribution < -0.4 is 4.74 Å². The van der Waals surface area contributed by atoms with Crippen molar-refractivity contribution in [2.75, 3.05) is 27.2 Å². The van der Waals surface area contributed by atoms with E-state index in [-0.39, 0.29) is 5.78 Å². The van der Waals surface area contributed by atoms with Gasteiger partial charge in [-0.2, -0.15) is 0 Å². The van der Waals surface area contributed by atoms with E-state index in [2.05, 4.69) is 0 Å². The van der Waals surface area contributed by atoms with Crippen LogP contribution in [0.1, 0.15) is 23.7 Å². The van der Waals surface area contributed by atoms with Crippen LogP contribution in [-0.4, -0.2) is 37.9 Å². The Kier molecular flexibility index (Phi) is 4.99. The van der Waals surface area contributed by atoms with Gasteiger partial charge in [-0.05, 0) is 26.2 Å². The lowest BCUT2D eigenvalue weighted by Gasteiger charge is -2.13. The summed E-state index contributed by atoms with van der Waals surface area (Å²) in [4.78, 5) is 13.7. The number of nitrogens with zero attached hydrogens (tertiary/aromatic N) is 1. The molecule has 0 N–H and O–H groups in total. The van der Waals surface area contributed by atoms with Crippen LogP contribution in [0.2, 0.25) is 0 Å². The van der Waals surface area contributed by atoms with E-state index in [1.165, 1.54) is 0 Å². The third-order valence-corrected chi connectivity index (χ3v) is 2.30. The Labute approximate surface area is 97.0 Å². The monoisotopic (exact) mass is 221 g/mol. The van der Waals surface area contributed by atoms with Crippen molar-refractivity contribution in [1.29, 1.82) is 0 Å². The van der Waals surface area contributed by atoms with Gasteiger partial charge in [0.25, 0.3) is 0 Å². The third-order valence-electron chi connectivity index (χ3n) is 2.30. The zero-order valence-corrected chi connectivity index (χ0v) is 10.2. The Morgan fingerprint density at radius 1 is 1.31 bits per heavy atom. The van der Waals surface area contributed by atoms with Crippen LogP contribution in [0.15, 0.2) is 24.3 Å². The summed E-state index contributed by atoms with van der Waals surface area (Å²) in [5.74, 6) is 0.816. The summed E-state index contributed by atoms with van der Waals surface area (Å²) in [5, 5.41) is 0. The van der Waals surface area contributed by atoms with E-state index in [1.807, 2.05) is 50.2 Å². The van der Waals surface area contributed by atoms with E-state index in [4.69, 9.17) is 4.74 Å². The van der Waals surface area contributed by atoms with Crippen LogP contribution in [0.5, 0.6) is 5.75 Å². The molecule has 16 heavy (non-hydrogen) atoms. The number of carbonyl (C=O) groups excluding carboxylic acids is 1. The molecule has 88 valence electrons. The molecule has 0 unspecified atom stereocenters. The predicted octanol–water partition coefficient (Wildman–Crippen LogP) is 2.22. The van der Waals surface area contributed by atoms with Crippen LogP contribution in [-0.2, 0) is 0 Å². The highest BCUT2D eigenvalue weighted by atomic mass is 16.5. The van der Waals surface area contributed by atoms with Crippen LogP contribution in [0, 0.1) is 0 Å². The molecule has 0 amide bonds. The largest absolute Gasteiger partial charge is 0.491 e. The second-order valence-corrected chi connectivity index (χ2v) is 3.92. The summed E-state index contributed by atoms with van der Waals surface area (Å²) in [6.07, 6.45) is 0.508. The molecule has 3 nitrogen and oxygen atoms in total. The summed E-state index contributed by atoms with van der Waals surface area (Å²) in [6.45, 7) is 3.30. The number of ether oxygens (including phenoxy) is 1. The molecule has 3 heteroatoms. The quantitative estimate of drug-likeness (QED) is 0.690. The number of para-hydroxylation sites is 1. The highest BCUT2D eigenvalue weighted by Gasteiger charge is 2.09. The fraction of sp³-hybridized carbons (Fsp3) is 0.462. The molecule has 0 spiro atoms. The Morgan fingerprint density at radius 3 is 2.62 bits per heavy atom. The standard InChI is InChI=1S/C13H19NO2/c1-4-12(15)11-7-5-6-8-13(11)16-10-9-14(2)3/h5-8H,4,9-10H2,1-3H3. The van der Waals surface area contributed by atoms with Gasteiger partial charge in [0.15, 0.2) is 5.78 Å². The summed E-state index contributed by atoms with van der Waals surface area (Å²) >= 11 is 0. The van der Waals surface area contributed by atoms with Gasteiger partial charge >= 0.3 is 0 Å². The predicted molar refractivity (Wildman–Crippen MR) is 65.1 cm³/mol. The average molecular weight is 221 g/mol. The van der Waals surface area contributed by atoms with Gasteiger partial charge in [-0.25, -0.2) is 0 Å². The van der Waals surface area contributed by atoms with Crippen molar-refractivity contribution in [2.24, 2.45) is 0 Å². The number of ketones is 1. The number of rotatable bonds is 6. The molecule has 1 rings (SSSR count). The molecule has 1 aromatic carbocycles. The normalized spacial score (nSPS) is 10.5. The maximum absolute atomic E-state index is 11.6. The highest BCUT2D eigenvalue weighted by Crippen LogP contribution is 2.19. The molecule has 0 aliphatic carbocycles. The first-order valence-corrected chi connectivity index (χ1v) is 5.55. The smallest absolute Gasteiger partial charge is 0.166 e. The maximum atomic E-state index is 11.6. The molecule has 0 atom stereocenters. The van der Waals surface area contributed by atoms with Crippen molar-refractivity contribution in [3.63, 3.8) is 0 Å². The zero-order valence-electron chi connectivity index (χ0n) is 10.2. The highest BCUT2D eigenvalue weighted by molar-refractivity contribution is 5.98. The van der Waals surface area contributed by atoms with Crippen LogP contribution in [0.4, 0.5) is 0 Å². The fourth-order valence-electron chi connectivity index (χ4n) is 1.35. The van der Waals surface area contributed by atoms with E-state index >= 15 is 0 Å². The Balaban J connectivity index is 2.67. The molecule has 0 aliphatic heterocycles. The SMILES string of the molecule is CCC(=O)c1ccccc1OCCN(C)C. The lowest BCUT2D eigenvalue weighted by molar-refractivity contribution is 0.0984. The van der Waals surface area contributed by atoms with Gasteiger partial charge in [-0.3, -0.25) is 4.79 Å². The van der Waals surface area contributed by atoms with Crippen molar-refractivity contribution in [3.8, 4) is 5.75 Å². The molecule has 0 saturated carbocycles. The number of likely N-dealkylation sites (N-methyl/N-ethyl adjacent to an activating group) is 1. The molecule has 0 radical (unpaired) electrons. The molecular weight excluding hydrogens is 202 g/mol. The molecule has 1 aromatic rings. The van der Waals surface area contributed by atoms with E-state index in [1.54, 1.807) is 0 Å². The second kappa shape index (κ2) is 6.28. The molecule has 0 fully saturated rings. The van der Waals surface area contributed by atoms with Gasteiger partial charge in [0, 0.05) is 13.0 Å². The molecule has 0 aromatic heterocycles. The number of hydrogen-bond acceptors (Lipinski definition) is 3. The maximum Gasteiger partial charge on any atom is 0.166 e. The third kappa shape index (κ3) is 3.66. The van der Waals surface area contributed by atoms with Crippen LogP contribution in [0.25, 0.3) is 0 Å². The topological polar surface area (TPSA) is 29.5 Å². The lowest BCUT2D eigenvalue weighted by atomic mass is 10.1. The Morgan fingerprint density at radius 2 is 2.00 bits per heavy atom. The van der Waals surface area contributed by atoms with Crippen LogP contribution in [0.3, 0.4) is 0 Å². The van der Waals surface area contributed by atoms with E-state index in [9.17, 15) is 4.79 Å². The van der Waals surface area contributed by atoms with Crippen molar-refractivity contribution < 1.29 is 9.53 Å². The minimum absolute atomic E-state index is 0.125. The summed E-state index contributed by atoms with van der Waals surface area (Å²) in [7, 11) is 3.99. The Hall–Kier alpha value is -1.35. The van der Waals surface area contributed by atoms with E-state index in [0.29, 0.717) is 24.3 Å². The van der Waals surface area contributed by atoms with Gasteiger partial charge in [0.2, 0.25) is 0 Å². The van der Waals surface area contributed by atoms with Gasteiger partial charge in [-0.15, -0.1) is 0 Å².